The second-order valence-electron chi connectivity index (χ2n) is 5.38. The fourth-order valence-electron chi connectivity index (χ4n) is 1.91. The van der Waals surface area contributed by atoms with E-state index in [-0.39, 0.29) is 5.82 Å². The van der Waals surface area contributed by atoms with Crippen LogP contribution in [0.25, 0.3) is 17.6 Å². The summed E-state index contributed by atoms with van der Waals surface area (Å²) in [7, 11) is -1.10. The molecule has 2 rings (SSSR count). The molecule has 4 N–H and O–H groups in total. The van der Waals surface area contributed by atoms with Gasteiger partial charge < -0.3 is 10.7 Å². The number of nitrogens with one attached hydrogen (secondary N) is 2. The van der Waals surface area contributed by atoms with E-state index in [4.69, 9.17) is 5.73 Å². The molecule has 126 valence electrons. The van der Waals surface area contributed by atoms with Crippen molar-refractivity contribution < 1.29 is 4.21 Å². The quantitative estimate of drug-likeness (QED) is 0.727. The molecule has 0 saturated carbocycles. The molecule has 0 radical (unpaired) electrons. The summed E-state index contributed by atoms with van der Waals surface area (Å²) in [6, 6.07) is 0. The average molecular weight is 344 g/mol. The molecule has 0 amide bonds. The Morgan fingerprint density at radius 1 is 1.46 bits per heavy atom. The summed E-state index contributed by atoms with van der Waals surface area (Å²) in [5.74, 6) is 6.54. The zero-order valence-electron chi connectivity index (χ0n) is 14.1. The van der Waals surface area contributed by atoms with Crippen molar-refractivity contribution in [3.63, 3.8) is 0 Å². The van der Waals surface area contributed by atoms with E-state index in [9.17, 15) is 4.21 Å². The lowest BCUT2D eigenvalue weighted by Gasteiger charge is -2.01. The normalized spacial score (nSPS) is 11.5. The van der Waals surface area contributed by atoms with Gasteiger partial charge in [0, 0.05) is 11.9 Å². The van der Waals surface area contributed by atoms with Gasteiger partial charge in [-0.2, -0.15) is 0 Å². The number of H-pyrrole nitrogens is 1. The zero-order chi connectivity index (χ0) is 17.7. The maximum atomic E-state index is 10.9. The Bertz CT molecular complexity index is 855. The predicted molar refractivity (Wildman–Crippen MR) is 97.0 cm³/mol. The number of nitrogens with two attached hydrogens (primary N) is 1. The smallest absolute Gasteiger partial charge is 0.160 e. The number of anilines is 1. The Morgan fingerprint density at radius 2 is 2.21 bits per heavy atom. The van der Waals surface area contributed by atoms with Crippen molar-refractivity contribution in [2.75, 3.05) is 18.5 Å². The number of imidazole rings is 1. The highest BCUT2D eigenvalue weighted by atomic mass is 32.2. The van der Waals surface area contributed by atoms with Crippen molar-refractivity contribution in [2.24, 2.45) is 0 Å². The molecule has 2 aromatic rings. The van der Waals surface area contributed by atoms with Crippen LogP contribution in [0.1, 0.15) is 30.9 Å². The fourth-order valence-corrected chi connectivity index (χ4v) is 2.18. The summed E-state index contributed by atoms with van der Waals surface area (Å²) in [4.78, 5) is 16.2. The van der Waals surface area contributed by atoms with Gasteiger partial charge in [0.25, 0.3) is 0 Å². The Morgan fingerprint density at radius 3 is 2.88 bits per heavy atom. The topological polar surface area (TPSA) is 110 Å². The SMILES string of the molecule is CC(C)=Cc1nc(-c2nc(C#CCNS(C)=O)cnc2N)[nH]c1C. The number of hydrogen-bond donors (Lipinski definition) is 3. The number of aromatic amines is 1. The van der Waals surface area contributed by atoms with Crippen molar-refractivity contribution in [1.29, 1.82) is 0 Å². The lowest BCUT2D eigenvalue weighted by Crippen LogP contribution is -2.15. The Labute approximate surface area is 143 Å². The first-order valence-corrected chi connectivity index (χ1v) is 8.83. The minimum Gasteiger partial charge on any atom is -0.382 e. The second kappa shape index (κ2) is 7.86. The molecule has 0 aliphatic rings. The molecule has 0 aromatic carbocycles. The van der Waals surface area contributed by atoms with Gasteiger partial charge in [0.05, 0.1) is 29.4 Å². The van der Waals surface area contributed by atoms with E-state index in [0.29, 0.717) is 23.8 Å². The summed E-state index contributed by atoms with van der Waals surface area (Å²) < 4.78 is 13.6. The highest BCUT2D eigenvalue weighted by Crippen LogP contribution is 2.21. The number of aromatic nitrogens is 4. The van der Waals surface area contributed by atoms with Gasteiger partial charge in [-0.05, 0) is 32.8 Å². The third-order valence-corrected chi connectivity index (χ3v) is 3.50. The lowest BCUT2D eigenvalue weighted by molar-refractivity contribution is 0.680. The highest BCUT2D eigenvalue weighted by Gasteiger charge is 2.12. The Hall–Kier alpha value is -2.50. The summed E-state index contributed by atoms with van der Waals surface area (Å²) in [5.41, 5.74) is 9.79. The number of aryl methyl sites for hydroxylation is 1. The third kappa shape index (κ3) is 4.75. The van der Waals surface area contributed by atoms with Gasteiger partial charge in [-0.25, -0.2) is 23.9 Å². The van der Waals surface area contributed by atoms with Gasteiger partial charge >= 0.3 is 0 Å². The molecule has 0 aliphatic carbocycles. The van der Waals surface area contributed by atoms with Gasteiger partial charge in [-0.15, -0.1) is 0 Å². The van der Waals surface area contributed by atoms with Crippen LogP contribution in [0.5, 0.6) is 0 Å². The standard InChI is InChI=1S/C16H20N6OS/c1-10(2)8-13-11(3)20-16(22-13)14-15(17)18-9-12(21-14)6-5-7-19-24(4)23/h8-9,19H,7H2,1-4H3,(H2,17,18)(H,20,22). The van der Waals surface area contributed by atoms with Gasteiger partial charge in [-0.1, -0.05) is 11.5 Å². The second-order valence-corrected chi connectivity index (χ2v) is 6.58. The van der Waals surface area contributed by atoms with Gasteiger partial charge in [0.2, 0.25) is 0 Å². The van der Waals surface area contributed by atoms with E-state index in [1.165, 1.54) is 6.20 Å². The van der Waals surface area contributed by atoms with Gasteiger partial charge in [0.15, 0.2) is 11.6 Å². The molecule has 1 atom stereocenters. The molecule has 0 saturated heterocycles. The Kier molecular flexibility index (Phi) is 5.84. The first-order chi connectivity index (χ1) is 11.4. The number of rotatable bonds is 4. The van der Waals surface area contributed by atoms with Crippen LogP contribution >= 0.6 is 0 Å². The number of allylic oxidation sites excluding steroid dienone is 1. The first kappa shape index (κ1) is 17.8. The van der Waals surface area contributed by atoms with Crippen LogP contribution < -0.4 is 10.5 Å². The summed E-state index contributed by atoms with van der Waals surface area (Å²) in [6.07, 6.45) is 5.03. The predicted octanol–water partition coefficient (Wildman–Crippen LogP) is 1.42. The summed E-state index contributed by atoms with van der Waals surface area (Å²) >= 11 is 0. The first-order valence-electron chi connectivity index (χ1n) is 7.27. The molecular weight excluding hydrogens is 324 g/mol. The van der Waals surface area contributed by atoms with E-state index in [2.05, 4.69) is 36.5 Å². The minimum atomic E-state index is -1.10. The highest BCUT2D eigenvalue weighted by molar-refractivity contribution is 7.82. The Balaban J connectivity index is 2.32. The van der Waals surface area contributed by atoms with Crippen LogP contribution in [0.4, 0.5) is 5.82 Å². The third-order valence-electron chi connectivity index (χ3n) is 2.95. The average Bonchev–Trinajstić information content (AvgIpc) is 2.85. The van der Waals surface area contributed by atoms with E-state index in [0.717, 1.165) is 17.0 Å². The monoisotopic (exact) mass is 344 g/mol. The van der Waals surface area contributed by atoms with Crippen molar-refractivity contribution in [1.82, 2.24) is 24.7 Å². The number of hydrogen-bond acceptors (Lipinski definition) is 5. The number of nitrogen functional groups attached to an aromatic ring is 1. The molecule has 2 aromatic heterocycles. The zero-order valence-corrected chi connectivity index (χ0v) is 14.9. The van der Waals surface area contributed by atoms with Crippen LogP contribution in [0.15, 0.2) is 11.8 Å². The summed E-state index contributed by atoms with van der Waals surface area (Å²) in [5, 5.41) is 0. The van der Waals surface area contributed by atoms with E-state index in [1.54, 1.807) is 6.26 Å². The molecule has 7 nitrogen and oxygen atoms in total. The largest absolute Gasteiger partial charge is 0.382 e. The molecule has 1 unspecified atom stereocenters. The fraction of sp³-hybridized carbons (Fsp3) is 0.312. The maximum Gasteiger partial charge on any atom is 0.160 e. The lowest BCUT2D eigenvalue weighted by atomic mass is 10.2. The molecular formula is C16H20N6OS. The molecule has 0 bridgehead atoms. The minimum absolute atomic E-state index is 0.283. The maximum absolute atomic E-state index is 10.9. The van der Waals surface area contributed by atoms with Crippen molar-refractivity contribution >= 4 is 22.9 Å². The summed E-state index contributed by atoms with van der Waals surface area (Å²) in [6.45, 7) is 6.26. The van der Waals surface area contributed by atoms with Crippen LogP contribution in [-0.4, -0.2) is 36.9 Å². The van der Waals surface area contributed by atoms with E-state index < -0.39 is 11.0 Å². The van der Waals surface area contributed by atoms with E-state index >= 15 is 0 Å². The number of nitrogens with zero attached hydrogens (tertiary/aromatic N) is 3. The van der Waals surface area contributed by atoms with Crippen molar-refractivity contribution in [2.45, 2.75) is 20.8 Å². The van der Waals surface area contributed by atoms with Crippen LogP contribution in [-0.2, 0) is 11.0 Å². The van der Waals surface area contributed by atoms with Crippen LogP contribution in [0.3, 0.4) is 0 Å². The van der Waals surface area contributed by atoms with Crippen molar-refractivity contribution in [3.8, 4) is 23.4 Å². The molecule has 8 heteroatoms. The molecule has 0 fully saturated rings. The molecule has 0 aliphatic heterocycles. The van der Waals surface area contributed by atoms with E-state index in [1.807, 2.05) is 26.8 Å². The molecule has 0 spiro atoms. The van der Waals surface area contributed by atoms with Gasteiger partial charge in [0.1, 0.15) is 11.4 Å². The van der Waals surface area contributed by atoms with Crippen LogP contribution in [0, 0.1) is 18.8 Å². The van der Waals surface area contributed by atoms with Gasteiger partial charge in [-0.3, -0.25) is 0 Å². The van der Waals surface area contributed by atoms with Crippen LogP contribution in [0.2, 0.25) is 0 Å². The molecule has 24 heavy (non-hydrogen) atoms. The van der Waals surface area contributed by atoms with Crippen molar-refractivity contribution in [3.05, 3.63) is 28.9 Å². The molecule has 2 heterocycles.